The predicted octanol–water partition coefficient (Wildman–Crippen LogP) is 2.06. The minimum Gasteiger partial charge on any atom is -0.380 e. The summed E-state index contributed by atoms with van der Waals surface area (Å²) in [5.41, 5.74) is 7.50. The van der Waals surface area contributed by atoms with Gasteiger partial charge in [0.15, 0.2) is 0 Å². The van der Waals surface area contributed by atoms with Gasteiger partial charge in [-0.1, -0.05) is 49.1 Å². The molecule has 1 heterocycles. The summed E-state index contributed by atoms with van der Waals surface area (Å²) in [5, 5.41) is 1.52. The van der Waals surface area contributed by atoms with Crippen molar-refractivity contribution in [3.63, 3.8) is 0 Å². The van der Waals surface area contributed by atoms with Crippen molar-refractivity contribution in [1.29, 1.82) is 0 Å². The van der Waals surface area contributed by atoms with Gasteiger partial charge in [-0.15, -0.1) is 0 Å². The zero-order valence-corrected chi connectivity index (χ0v) is 12.1. The first-order valence-corrected chi connectivity index (χ1v) is 9.92. The third kappa shape index (κ3) is 2.97. The Kier molecular flexibility index (Phi) is 3.71. The Balaban J connectivity index is 2.17. The van der Waals surface area contributed by atoms with Crippen LogP contribution in [-0.4, -0.2) is 27.3 Å². The number of nitrogens with two attached hydrogens (primary N) is 1. The van der Waals surface area contributed by atoms with E-state index in [1.165, 1.54) is 10.8 Å². The lowest BCUT2D eigenvalue weighted by atomic mass is 9.88. The molecule has 0 radical (unpaired) electrons. The zero-order valence-electron chi connectivity index (χ0n) is 11.1. The summed E-state index contributed by atoms with van der Waals surface area (Å²) in [7, 11) is -1.18. The van der Waals surface area contributed by atoms with Crippen LogP contribution in [0.5, 0.6) is 0 Å². The van der Waals surface area contributed by atoms with Gasteiger partial charge in [0.1, 0.15) is 0 Å². The molecule has 17 heavy (non-hydrogen) atoms. The Labute approximate surface area is 105 Å². The van der Waals surface area contributed by atoms with Crippen LogP contribution >= 0.6 is 0 Å². The first kappa shape index (κ1) is 12.8. The average molecular weight is 249 g/mol. The molecule has 2 rings (SSSR count). The van der Waals surface area contributed by atoms with E-state index in [1.54, 1.807) is 0 Å². The highest BCUT2D eigenvalue weighted by atomic mass is 28.3. The van der Waals surface area contributed by atoms with Crippen LogP contribution < -0.4 is 10.9 Å². The van der Waals surface area contributed by atoms with Gasteiger partial charge in [0.25, 0.3) is 0 Å². The highest BCUT2D eigenvalue weighted by Gasteiger charge is 2.24. The van der Waals surface area contributed by atoms with Crippen LogP contribution in [0.25, 0.3) is 0 Å². The van der Waals surface area contributed by atoms with Crippen LogP contribution in [0.1, 0.15) is 17.9 Å². The summed E-state index contributed by atoms with van der Waals surface area (Å²) in [6, 6.07) is 9.28. The molecule has 2 N–H and O–H groups in total. The van der Waals surface area contributed by atoms with Gasteiger partial charge in [0.05, 0.1) is 14.7 Å². The van der Waals surface area contributed by atoms with Gasteiger partial charge >= 0.3 is 0 Å². The van der Waals surface area contributed by atoms with Crippen molar-refractivity contribution in [2.75, 3.05) is 13.2 Å². The molecule has 94 valence electrons. The minimum absolute atomic E-state index is 0.154. The summed E-state index contributed by atoms with van der Waals surface area (Å²) in [4.78, 5) is 0. The zero-order chi connectivity index (χ0) is 12.5. The van der Waals surface area contributed by atoms with Crippen LogP contribution in [0, 0.1) is 0 Å². The van der Waals surface area contributed by atoms with Crippen molar-refractivity contribution in [2.24, 2.45) is 5.73 Å². The summed E-state index contributed by atoms with van der Waals surface area (Å²) in [5.74, 6) is 0.472. The van der Waals surface area contributed by atoms with E-state index in [1.807, 2.05) is 0 Å². The molecule has 0 bridgehead atoms. The molecule has 2 atom stereocenters. The maximum Gasteiger partial charge on any atom is 0.0775 e. The van der Waals surface area contributed by atoms with Crippen LogP contribution in [0.4, 0.5) is 0 Å². The van der Waals surface area contributed by atoms with Crippen molar-refractivity contribution < 1.29 is 4.74 Å². The molecule has 1 aliphatic rings. The van der Waals surface area contributed by atoms with Crippen LogP contribution in [-0.2, 0) is 4.74 Å². The largest absolute Gasteiger partial charge is 0.380 e. The van der Waals surface area contributed by atoms with E-state index in [0.29, 0.717) is 12.5 Å². The van der Waals surface area contributed by atoms with E-state index in [4.69, 9.17) is 10.5 Å². The van der Waals surface area contributed by atoms with Gasteiger partial charge in [-0.25, -0.2) is 0 Å². The van der Waals surface area contributed by atoms with Gasteiger partial charge in [0.2, 0.25) is 0 Å². The molecule has 0 saturated carbocycles. The van der Waals surface area contributed by atoms with Gasteiger partial charge in [-0.2, -0.15) is 0 Å². The lowest BCUT2D eigenvalue weighted by Gasteiger charge is -2.29. The second kappa shape index (κ2) is 4.92. The number of benzene rings is 1. The minimum atomic E-state index is -1.18. The van der Waals surface area contributed by atoms with E-state index >= 15 is 0 Å². The first-order chi connectivity index (χ1) is 7.98. The van der Waals surface area contributed by atoms with Crippen molar-refractivity contribution in [2.45, 2.75) is 38.0 Å². The monoisotopic (exact) mass is 249 g/mol. The Bertz CT molecular complexity index is 369. The molecular weight excluding hydrogens is 226 g/mol. The van der Waals surface area contributed by atoms with Crippen molar-refractivity contribution in [3.05, 3.63) is 29.8 Å². The van der Waals surface area contributed by atoms with E-state index in [0.717, 1.165) is 13.0 Å². The third-order valence-corrected chi connectivity index (χ3v) is 5.67. The Hall–Kier alpha value is -0.643. The molecule has 1 aliphatic heterocycles. The van der Waals surface area contributed by atoms with Crippen molar-refractivity contribution >= 4 is 13.3 Å². The van der Waals surface area contributed by atoms with Gasteiger partial charge in [0, 0.05) is 18.6 Å². The standard InChI is InChI=1S/C14H23NOSi/c1-17(2,3)12-6-4-11(5-7-12)13-8-9-16-10-14(13)15/h4-7,13-14H,8-10,15H2,1-3H3/t13-,14+/m0/s1. The van der Waals surface area contributed by atoms with Crippen LogP contribution in [0.3, 0.4) is 0 Å². The second-order valence-electron chi connectivity index (χ2n) is 6.01. The first-order valence-electron chi connectivity index (χ1n) is 6.42. The quantitative estimate of drug-likeness (QED) is 0.814. The van der Waals surface area contributed by atoms with Gasteiger partial charge in [-0.05, 0) is 12.0 Å². The fourth-order valence-corrected chi connectivity index (χ4v) is 3.57. The fourth-order valence-electron chi connectivity index (χ4n) is 2.40. The van der Waals surface area contributed by atoms with E-state index in [-0.39, 0.29) is 6.04 Å². The lowest BCUT2D eigenvalue weighted by Crippen LogP contribution is -2.39. The molecule has 0 spiro atoms. The Morgan fingerprint density at radius 2 is 1.82 bits per heavy atom. The van der Waals surface area contributed by atoms with E-state index in [9.17, 15) is 0 Å². The smallest absolute Gasteiger partial charge is 0.0775 e. The summed E-state index contributed by atoms with van der Waals surface area (Å²) < 4.78 is 5.39. The molecule has 0 amide bonds. The molecule has 2 nitrogen and oxygen atoms in total. The number of hydrogen-bond acceptors (Lipinski definition) is 2. The Morgan fingerprint density at radius 1 is 1.18 bits per heavy atom. The summed E-state index contributed by atoms with van der Waals surface area (Å²) >= 11 is 0. The van der Waals surface area contributed by atoms with Crippen LogP contribution in [0.2, 0.25) is 19.6 Å². The third-order valence-electron chi connectivity index (χ3n) is 3.61. The highest BCUT2D eigenvalue weighted by Crippen LogP contribution is 2.25. The van der Waals surface area contributed by atoms with E-state index in [2.05, 4.69) is 43.9 Å². The molecule has 3 heteroatoms. The van der Waals surface area contributed by atoms with Crippen molar-refractivity contribution in [1.82, 2.24) is 0 Å². The average Bonchev–Trinajstić information content (AvgIpc) is 2.29. The number of rotatable bonds is 2. The SMILES string of the molecule is C[Si](C)(C)c1ccc([C@@H]2CCOC[C@H]2N)cc1. The lowest BCUT2D eigenvalue weighted by molar-refractivity contribution is 0.0696. The molecule has 1 saturated heterocycles. The maximum atomic E-state index is 6.12. The fraction of sp³-hybridized carbons (Fsp3) is 0.571. The summed E-state index contributed by atoms with van der Waals surface area (Å²) in [6.45, 7) is 8.67. The van der Waals surface area contributed by atoms with Gasteiger partial charge < -0.3 is 10.5 Å². The van der Waals surface area contributed by atoms with Gasteiger partial charge in [-0.3, -0.25) is 0 Å². The molecule has 1 aromatic rings. The normalized spacial score (nSPS) is 25.9. The van der Waals surface area contributed by atoms with Crippen LogP contribution in [0.15, 0.2) is 24.3 Å². The molecule has 1 fully saturated rings. The predicted molar refractivity (Wildman–Crippen MR) is 75.6 cm³/mol. The topological polar surface area (TPSA) is 35.2 Å². The number of hydrogen-bond donors (Lipinski definition) is 1. The second-order valence-corrected chi connectivity index (χ2v) is 11.1. The maximum absolute atomic E-state index is 6.12. The van der Waals surface area contributed by atoms with E-state index < -0.39 is 8.07 Å². The summed E-state index contributed by atoms with van der Waals surface area (Å²) in [6.07, 6.45) is 1.05. The number of ether oxygens (including phenoxy) is 1. The molecule has 1 aromatic carbocycles. The van der Waals surface area contributed by atoms with Crippen molar-refractivity contribution in [3.8, 4) is 0 Å². The molecule has 0 unspecified atom stereocenters. The molecule has 0 aliphatic carbocycles. The molecular formula is C14H23NOSi. The highest BCUT2D eigenvalue weighted by molar-refractivity contribution is 6.88. The Morgan fingerprint density at radius 3 is 2.35 bits per heavy atom. The molecule has 0 aromatic heterocycles.